The summed E-state index contributed by atoms with van der Waals surface area (Å²) in [4.78, 5) is 41.5. The van der Waals surface area contributed by atoms with Gasteiger partial charge in [-0.25, -0.2) is 4.98 Å². The average Bonchev–Trinajstić information content (AvgIpc) is 2.85. The summed E-state index contributed by atoms with van der Waals surface area (Å²) in [5.74, 6) is -1.12. The Balaban J connectivity index is 2.15. The van der Waals surface area contributed by atoms with E-state index in [9.17, 15) is 14.4 Å². The van der Waals surface area contributed by atoms with Gasteiger partial charge in [0.05, 0.1) is 28.6 Å². The molecular formula is C16H21N3O4S. The lowest BCUT2D eigenvalue weighted by molar-refractivity contribution is -0.151. The first-order chi connectivity index (χ1) is 11.2. The van der Waals surface area contributed by atoms with E-state index >= 15 is 0 Å². The second-order valence-electron chi connectivity index (χ2n) is 5.99. The Hall–Kier alpha value is -2.22. The summed E-state index contributed by atoms with van der Waals surface area (Å²) in [7, 11) is 1.62. The monoisotopic (exact) mass is 351 g/mol. The second kappa shape index (κ2) is 7.12. The Morgan fingerprint density at radius 2 is 2.04 bits per heavy atom. The van der Waals surface area contributed by atoms with E-state index in [0.717, 1.165) is 0 Å². The van der Waals surface area contributed by atoms with Gasteiger partial charge < -0.3 is 14.6 Å². The van der Waals surface area contributed by atoms with E-state index in [0.29, 0.717) is 20.7 Å². The molecule has 24 heavy (non-hydrogen) atoms. The molecule has 130 valence electrons. The highest BCUT2D eigenvalue weighted by Crippen LogP contribution is 2.26. The molecule has 2 aromatic heterocycles. The summed E-state index contributed by atoms with van der Waals surface area (Å²) >= 11 is 1.17. The van der Waals surface area contributed by atoms with E-state index < -0.39 is 5.92 Å². The van der Waals surface area contributed by atoms with Gasteiger partial charge in [0, 0.05) is 13.6 Å². The SMILES string of the molecule is Cc1c(C(=O)NC[C@H](C)C(=O)OC(C)C)sc2ncn(C)c(=O)c12. The van der Waals surface area contributed by atoms with Crippen LogP contribution in [0.3, 0.4) is 0 Å². The van der Waals surface area contributed by atoms with Crippen LogP contribution in [0.1, 0.15) is 36.0 Å². The van der Waals surface area contributed by atoms with Crippen molar-refractivity contribution in [3.05, 3.63) is 27.1 Å². The summed E-state index contributed by atoms with van der Waals surface area (Å²) in [6.07, 6.45) is 1.24. The van der Waals surface area contributed by atoms with Crippen LogP contribution in [0.2, 0.25) is 0 Å². The number of nitrogens with zero attached hydrogens (tertiary/aromatic N) is 2. The number of rotatable bonds is 5. The van der Waals surface area contributed by atoms with E-state index in [1.54, 1.807) is 34.7 Å². The first-order valence-corrected chi connectivity index (χ1v) is 8.47. The zero-order valence-corrected chi connectivity index (χ0v) is 15.2. The molecule has 0 radical (unpaired) electrons. The van der Waals surface area contributed by atoms with Crippen LogP contribution in [0, 0.1) is 12.8 Å². The predicted octanol–water partition coefficient (Wildman–Crippen LogP) is 1.62. The van der Waals surface area contributed by atoms with E-state index in [1.807, 2.05) is 0 Å². The highest BCUT2D eigenvalue weighted by Gasteiger charge is 2.21. The van der Waals surface area contributed by atoms with E-state index in [1.165, 1.54) is 22.2 Å². The lowest BCUT2D eigenvalue weighted by Gasteiger charge is -2.14. The van der Waals surface area contributed by atoms with Crippen LogP contribution in [0.25, 0.3) is 10.2 Å². The van der Waals surface area contributed by atoms with E-state index in [2.05, 4.69) is 10.3 Å². The van der Waals surface area contributed by atoms with Crippen molar-refractivity contribution < 1.29 is 14.3 Å². The smallest absolute Gasteiger partial charge is 0.310 e. The van der Waals surface area contributed by atoms with E-state index in [4.69, 9.17) is 4.74 Å². The minimum Gasteiger partial charge on any atom is -0.463 e. The molecule has 0 aliphatic carbocycles. The highest BCUT2D eigenvalue weighted by atomic mass is 32.1. The van der Waals surface area contributed by atoms with Crippen molar-refractivity contribution >= 4 is 33.4 Å². The summed E-state index contributed by atoms with van der Waals surface area (Å²) in [6.45, 7) is 7.14. The molecule has 0 bridgehead atoms. The van der Waals surface area contributed by atoms with Gasteiger partial charge in [0.15, 0.2) is 0 Å². The van der Waals surface area contributed by atoms with Crippen molar-refractivity contribution in [2.75, 3.05) is 6.54 Å². The number of hydrogen-bond acceptors (Lipinski definition) is 6. The van der Waals surface area contributed by atoms with Gasteiger partial charge in [-0.15, -0.1) is 11.3 Å². The number of ether oxygens (including phenoxy) is 1. The minimum absolute atomic E-state index is 0.170. The molecule has 7 nitrogen and oxygen atoms in total. The van der Waals surface area contributed by atoms with Crippen LogP contribution in [0.4, 0.5) is 0 Å². The van der Waals surface area contributed by atoms with Crippen molar-refractivity contribution in [1.82, 2.24) is 14.9 Å². The minimum atomic E-state index is -0.447. The molecule has 0 aromatic carbocycles. The zero-order valence-electron chi connectivity index (χ0n) is 14.4. The summed E-state index contributed by atoms with van der Waals surface area (Å²) < 4.78 is 6.49. The van der Waals surface area contributed by atoms with Gasteiger partial charge in [0.25, 0.3) is 11.5 Å². The number of hydrogen-bond donors (Lipinski definition) is 1. The van der Waals surface area contributed by atoms with Gasteiger partial charge >= 0.3 is 5.97 Å². The summed E-state index contributed by atoms with van der Waals surface area (Å²) in [5, 5.41) is 3.18. The number of carbonyl (C=O) groups excluding carboxylic acids is 2. The zero-order chi connectivity index (χ0) is 18.0. The number of amides is 1. The molecule has 0 aliphatic heterocycles. The standard InChI is InChI=1S/C16H21N3O4S/c1-8(2)23-16(22)9(3)6-17-13(20)12-10(4)11-14(24-12)18-7-19(5)15(11)21/h7-9H,6H2,1-5H3,(H,17,20)/t9-/m0/s1. The molecule has 1 N–H and O–H groups in total. The first kappa shape index (κ1) is 18.1. The van der Waals surface area contributed by atoms with Gasteiger partial charge in [-0.3, -0.25) is 14.4 Å². The molecule has 0 spiro atoms. The summed E-state index contributed by atoms with van der Waals surface area (Å²) in [5.41, 5.74) is 0.431. The number of carbonyl (C=O) groups is 2. The molecule has 1 atom stereocenters. The van der Waals surface area contributed by atoms with Crippen molar-refractivity contribution in [3.63, 3.8) is 0 Å². The second-order valence-corrected chi connectivity index (χ2v) is 6.99. The number of fused-ring (bicyclic) bond motifs is 1. The lowest BCUT2D eigenvalue weighted by Crippen LogP contribution is -2.33. The lowest BCUT2D eigenvalue weighted by atomic mass is 10.1. The Morgan fingerprint density at radius 1 is 1.38 bits per heavy atom. The molecule has 2 rings (SSSR count). The Bertz CT molecular complexity index is 838. The van der Waals surface area contributed by atoms with Crippen LogP contribution in [0.5, 0.6) is 0 Å². The molecule has 2 aromatic rings. The van der Waals surface area contributed by atoms with Crippen LogP contribution < -0.4 is 10.9 Å². The number of aryl methyl sites for hydroxylation is 2. The normalized spacial score (nSPS) is 12.4. The van der Waals surface area contributed by atoms with E-state index in [-0.39, 0.29) is 30.1 Å². The topological polar surface area (TPSA) is 90.3 Å². The maximum Gasteiger partial charge on any atom is 0.310 e. The maximum absolute atomic E-state index is 12.4. The number of esters is 1. The van der Waals surface area contributed by atoms with Crippen molar-refractivity contribution in [2.24, 2.45) is 13.0 Å². The fourth-order valence-electron chi connectivity index (χ4n) is 2.18. The van der Waals surface area contributed by atoms with Gasteiger partial charge in [-0.2, -0.15) is 0 Å². The molecular weight excluding hydrogens is 330 g/mol. The molecule has 0 fully saturated rings. The van der Waals surface area contributed by atoms with Gasteiger partial charge in [0.1, 0.15) is 4.83 Å². The number of aromatic nitrogens is 2. The van der Waals surface area contributed by atoms with Crippen LogP contribution in [0.15, 0.2) is 11.1 Å². The van der Waals surface area contributed by atoms with Crippen molar-refractivity contribution in [2.45, 2.75) is 33.8 Å². The van der Waals surface area contributed by atoms with Crippen LogP contribution in [-0.4, -0.2) is 34.1 Å². The Kier molecular flexibility index (Phi) is 5.38. The molecule has 8 heteroatoms. The first-order valence-electron chi connectivity index (χ1n) is 7.65. The van der Waals surface area contributed by atoms with Crippen molar-refractivity contribution in [1.29, 1.82) is 0 Å². The maximum atomic E-state index is 12.4. The molecule has 0 saturated heterocycles. The highest BCUT2D eigenvalue weighted by molar-refractivity contribution is 7.20. The molecule has 0 saturated carbocycles. The van der Waals surface area contributed by atoms with Gasteiger partial charge in [0.2, 0.25) is 0 Å². The molecule has 1 amide bonds. The average molecular weight is 351 g/mol. The molecule has 0 aliphatic rings. The number of thiophene rings is 1. The fraction of sp³-hybridized carbons (Fsp3) is 0.500. The van der Waals surface area contributed by atoms with Gasteiger partial charge in [-0.05, 0) is 26.3 Å². The predicted molar refractivity (Wildman–Crippen MR) is 92.3 cm³/mol. The number of nitrogens with one attached hydrogen (secondary N) is 1. The third kappa shape index (κ3) is 3.64. The quantitative estimate of drug-likeness (QED) is 0.827. The Labute approximate surface area is 143 Å². The van der Waals surface area contributed by atoms with Gasteiger partial charge in [-0.1, -0.05) is 6.92 Å². The fourth-order valence-corrected chi connectivity index (χ4v) is 3.24. The van der Waals surface area contributed by atoms with Crippen molar-refractivity contribution in [3.8, 4) is 0 Å². The Morgan fingerprint density at radius 3 is 2.67 bits per heavy atom. The van der Waals surface area contributed by atoms with Crippen LogP contribution in [-0.2, 0) is 16.6 Å². The summed E-state index contributed by atoms with van der Waals surface area (Å²) in [6, 6.07) is 0. The third-order valence-corrected chi connectivity index (χ3v) is 4.74. The molecule has 2 heterocycles. The third-order valence-electron chi connectivity index (χ3n) is 3.54. The largest absolute Gasteiger partial charge is 0.463 e. The molecule has 0 unspecified atom stereocenters. The van der Waals surface area contributed by atoms with Crippen LogP contribution >= 0.6 is 11.3 Å².